The number of ether oxygens (including phenoxy) is 1. The highest BCUT2D eigenvalue weighted by Gasteiger charge is 2.32. The number of hydrogen-bond donors (Lipinski definition) is 1. The number of carbonyl (C=O) groups excluding carboxylic acids is 1. The van der Waals surface area contributed by atoms with Crippen LogP contribution in [0.4, 0.5) is 10.5 Å². The van der Waals surface area contributed by atoms with Crippen molar-refractivity contribution in [2.75, 3.05) is 16.7 Å². The number of nitrogens with zero attached hydrogens (tertiary/aromatic N) is 3. The monoisotopic (exact) mass is 288 g/mol. The minimum absolute atomic E-state index is 0.132. The third kappa shape index (κ3) is 3.04. The van der Waals surface area contributed by atoms with Gasteiger partial charge in [-0.2, -0.15) is 9.40 Å². The van der Waals surface area contributed by atoms with E-state index in [1.807, 2.05) is 0 Å². The van der Waals surface area contributed by atoms with Crippen LogP contribution in [0, 0.1) is 0 Å². The van der Waals surface area contributed by atoms with Crippen LogP contribution < -0.4 is 10.0 Å². The quantitative estimate of drug-likeness (QED) is 0.826. The number of carbonyl (C=O) groups is 1. The molecule has 0 radical (unpaired) electrons. The summed E-state index contributed by atoms with van der Waals surface area (Å²) in [5, 5.41) is 3.84. The highest BCUT2D eigenvalue weighted by molar-refractivity contribution is 7.93. The zero-order valence-electron chi connectivity index (χ0n) is 10.5. The van der Waals surface area contributed by atoms with Gasteiger partial charge in [0, 0.05) is 19.9 Å². The predicted octanol–water partition coefficient (Wildman–Crippen LogP) is -0.186. The zero-order chi connectivity index (χ0) is 14.0. The van der Waals surface area contributed by atoms with Gasteiger partial charge in [0.25, 0.3) is 0 Å². The molecule has 0 bridgehead atoms. The summed E-state index contributed by atoms with van der Waals surface area (Å²) in [5.41, 5.74) is 5.30. The summed E-state index contributed by atoms with van der Waals surface area (Å²) in [6, 6.07) is -1.05. The van der Waals surface area contributed by atoms with Crippen molar-refractivity contribution in [3.05, 3.63) is 12.4 Å². The average Bonchev–Trinajstić information content (AvgIpc) is 2.89. The van der Waals surface area contributed by atoms with E-state index in [4.69, 9.17) is 10.5 Å². The first-order chi connectivity index (χ1) is 8.90. The Kier molecular flexibility index (Phi) is 3.76. The lowest BCUT2D eigenvalue weighted by atomic mass is 10.3. The van der Waals surface area contributed by atoms with E-state index >= 15 is 0 Å². The first-order valence-electron chi connectivity index (χ1n) is 5.83. The summed E-state index contributed by atoms with van der Waals surface area (Å²) in [6.45, 7) is 0.545. The van der Waals surface area contributed by atoms with Gasteiger partial charge in [-0.25, -0.2) is 13.2 Å². The second-order valence-electron chi connectivity index (χ2n) is 4.39. The molecule has 106 valence electrons. The number of hydrogen-bond acceptors (Lipinski definition) is 5. The van der Waals surface area contributed by atoms with E-state index in [2.05, 4.69) is 5.10 Å². The average molecular weight is 288 g/mol. The van der Waals surface area contributed by atoms with Crippen LogP contribution in [0.5, 0.6) is 0 Å². The van der Waals surface area contributed by atoms with Crippen LogP contribution >= 0.6 is 0 Å². The molecule has 1 atom stereocenters. The molecule has 1 saturated heterocycles. The van der Waals surface area contributed by atoms with E-state index in [0.29, 0.717) is 17.3 Å². The van der Waals surface area contributed by atoms with Gasteiger partial charge >= 0.3 is 6.03 Å². The second kappa shape index (κ2) is 5.17. The van der Waals surface area contributed by atoms with Gasteiger partial charge in [0.15, 0.2) is 0 Å². The Morgan fingerprint density at radius 2 is 2.42 bits per heavy atom. The van der Waals surface area contributed by atoms with E-state index in [9.17, 15) is 13.2 Å². The standard InChI is InChI=1S/C10H16N4O4S/c1-13-6-8(5-12-13)14(10(11)15)19(16,17)7-9-3-2-4-18-9/h5-6,9H,2-4,7H2,1H3,(H2,11,15)/t9-/m0/s1. The molecule has 0 spiro atoms. The van der Waals surface area contributed by atoms with Crippen molar-refractivity contribution in [2.45, 2.75) is 18.9 Å². The van der Waals surface area contributed by atoms with E-state index in [1.165, 1.54) is 17.1 Å². The lowest BCUT2D eigenvalue weighted by molar-refractivity contribution is 0.127. The Bertz CT molecular complexity index is 562. The first kappa shape index (κ1) is 13.8. The molecule has 9 heteroatoms. The van der Waals surface area contributed by atoms with E-state index in [1.54, 1.807) is 7.05 Å². The molecule has 2 amide bonds. The Labute approximate surface area is 111 Å². The van der Waals surface area contributed by atoms with Crippen molar-refractivity contribution in [1.82, 2.24) is 9.78 Å². The third-order valence-corrected chi connectivity index (χ3v) is 4.56. The molecular weight excluding hydrogens is 272 g/mol. The summed E-state index contributed by atoms with van der Waals surface area (Å²) in [6.07, 6.45) is 3.79. The van der Waals surface area contributed by atoms with Crippen LogP contribution in [0.25, 0.3) is 0 Å². The maximum atomic E-state index is 12.2. The molecular formula is C10H16N4O4S. The summed E-state index contributed by atoms with van der Waals surface area (Å²) in [7, 11) is -2.24. The number of aryl methyl sites for hydroxylation is 1. The number of sulfonamides is 1. The number of aromatic nitrogens is 2. The minimum Gasteiger partial charge on any atom is -0.377 e. The number of rotatable bonds is 4. The Balaban J connectivity index is 2.25. The zero-order valence-corrected chi connectivity index (χ0v) is 11.3. The van der Waals surface area contributed by atoms with Gasteiger partial charge in [0.05, 0.1) is 23.7 Å². The molecule has 19 heavy (non-hydrogen) atoms. The Hall–Kier alpha value is -1.61. The minimum atomic E-state index is -3.86. The van der Waals surface area contributed by atoms with Crippen LogP contribution in [0.3, 0.4) is 0 Å². The molecule has 0 aromatic carbocycles. The number of amides is 2. The summed E-state index contributed by atoms with van der Waals surface area (Å²) < 4.78 is 31.7. The SMILES string of the molecule is Cn1cc(N(C(N)=O)S(=O)(=O)C[C@@H]2CCCO2)cn1. The van der Waals surface area contributed by atoms with E-state index < -0.39 is 16.1 Å². The third-order valence-electron chi connectivity index (χ3n) is 2.82. The summed E-state index contributed by atoms with van der Waals surface area (Å²) >= 11 is 0. The topological polar surface area (TPSA) is 108 Å². The van der Waals surface area contributed by atoms with Crippen LogP contribution in [0.15, 0.2) is 12.4 Å². The molecule has 0 aliphatic carbocycles. The maximum absolute atomic E-state index is 12.2. The molecule has 1 fully saturated rings. The molecule has 0 unspecified atom stereocenters. The van der Waals surface area contributed by atoms with Crippen molar-refractivity contribution < 1.29 is 17.9 Å². The van der Waals surface area contributed by atoms with Crippen LogP contribution in [-0.4, -0.2) is 42.7 Å². The van der Waals surface area contributed by atoms with Crippen molar-refractivity contribution in [3.63, 3.8) is 0 Å². The molecule has 2 heterocycles. The fourth-order valence-electron chi connectivity index (χ4n) is 2.02. The molecule has 1 aliphatic heterocycles. The Morgan fingerprint density at radius 3 is 2.89 bits per heavy atom. The van der Waals surface area contributed by atoms with Crippen molar-refractivity contribution in [2.24, 2.45) is 12.8 Å². The molecule has 8 nitrogen and oxygen atoms in total. The van der Waals surface area contributed by atoms with Crippen molar-refractivity contribution in [1.29, 1.82) is 0 Å². The number of nitrogens with two attached hydrogens (primary N) is 1. The lowest BCUT2D eigenvalue weighted by Gasteiger charge is -2.20. The van der Waals surface area contributed by atoms with E-state index in [-0.39, 0.29) is 17.5 Å². The normalized spacial score (nSPS) is 19.5. The molecule has 0 saturated carbocycles. The molecule has 2 N–H and O–H groups in total. The summed E-state index contributed by atoms with van der Waals surface area (Å²) in [5.74, 6) is -0.259. The number of urea groups is 1. The molecule has 1 aromatic heterocycles. The van der Waals surface area contributed by atoms with Gasteiger partial charge in [0.1, 0.15) is 0 Å². The van der Waals surface area contributed by atoms with Gasteiger partial charge in [-0.1, -0.05) is 0 Å². The smallest absolute Gasteiger partial charge is 0.333 e. The highest BCUT2D eigenvalue weighted by Crippen LogP contribution is 2.21. The van der Waals surface area contributed by atoms with Gasteiger partial charge in [0.2, 0.25) is 10.0 Å². The predicted molar refractivity (Wildman–Crippen MR) is 68.0 cm³/mol. The summed E-state index contributed by atoms with van der Waals surface area (Å²) in [4.78, 5) is 11.4. The first-order valence-corrected chi connectivity index (χ1v) is 7.44. The van der Waals surface area contributed by atoms with Crippen molar-refractivity contribution >= 4 is 21.7 Å². The number of anilines is 1. The van der Waals surface area contributed by atoms with E-state index in [0.717, 1.165) is 6.42 Å². The van der Waals surface area contributed by atoms with Gasteiger partial charge in [-0.3, -0.25) is 4.68 Å². The molecule has 1 aromatic rings. The second-order valence-corrected chi connectivity index (χ2v) is 6.25. The van der Waals surface area contributed by atoms with Gasteiger partial charge in [-0.15, -0.1) is 0 Å². The highest BCUT2D eigenvalue weighted by atomic mass is 32.2. The lowest BCUT2D eigenvalue weighted by Crippen LogP contribution is -2.44. The maximum Gasteiger partial charge on any atom is 0.333 e. The van der Waals surface area contributed by atoms with Crippen LogP contribution in [0.2, 0.25) is 0 Å². The van der Waals surface area contributed by atoms with Crippen LogP contribution in [-0.2, 0) is 21.8 Å². The molecule has 1 aliphatic rings. The number of primary amides is 1. The fourth-order valence-corrected chi connectivity index (χ4v) is 3.59. The fraction of sp³-hybridized carbons (Fsp3) is 0.600. The van der Waals surface area contributed by atoms with Crippen molar-refractivity contribution in [3.8, 4) is 0 Å². The molecule has 2 rings (SSSR count). The largest absolute Gasteiger partial charge is 0.377 e. The van der Waals surface area contributed by atoms with Crippen LogP contribution in [0.1, 0.15) is 12.8 Å². The van der Waals surface area contributed by atoms with Gasteiger partial charge in [-0.05, 0) is 12.8 Å². The van der Waals surface area contributed by atoms with Gasteiger partial charge < -0.3 is 10.5 Å². The Morgan fingerprint density at radius 1 is 1.68 bits per heavy atom.